The number of benzene rings is 1. The molecule has 2 aromatic rings. The molecule has 0 unspecified atom stereocenters. The molecule has 1 aromatic heterocycles. The maximum Gasteiger partial charge on any atom is 0.238 e. The summed E-state index contributed by atoms with van der Waals surface area (Å²) in [6, 6.07) is 7.49. The number of hydrogen-bond acceptors (Lipinski definition) is 5. The summed E-state index contributed by atoms with van der Waals surface area (Å²) in [6.07, 6.45) is 4.87. The summed E-state index contributed by atoms with van der Waals surface area (Å²) in [5.41, 5.74) is 1.48. The first kappa shape index (κ1) is 14.6. The number of carbonyl (C=O) groups is 1. The molecule has 3 rings (SSSR count). The van der Waals surface area contributed by atoms with E-state index in [2.05, 4.69) is 30.8 Å². The van der Waals surface area contributed by atoms with Crippen LogP contribution in [0.1, 0.15) is 25.7 Å². The van der Waals surface area contributed by atoms with Crippen molar-refractivity contribution in [3.63, 3.8) is 0 Å². The highest BCUT2D eigenvalue weighted by Crippen LogP contribution is 2.23. The largest absolute Gasteiger partial charge is 0.324 e. The Morgan fingerprint density at radius 3 is 2.68 bits per heavy atom. The van der Waals surface area contributed by atoms with Crippen LogP contribution in [-0.2, 0) is 4.79 Å². The van der Waals surface area contributed by atoms with Crippen LogP contribution < -0.4 is 5.32 Å². The number of nitrogens with one attached hydrogen (secondary N) is 2. The van der Waals surface area contributed by atoms with Gasteiger partial charge in [-0.05, 0) is 43.3 Å². The molecule has 0 spiro atoms. The van der Waals surface area contributed by atoms with E-state index in [0.29, 0.717) is 18.1 Å². The van der Waals surface area contributed by atoms with Crippen LogP contribution in [0, 0.1) is 0 Å². The van der Waals surface area contributed by atoms with E-state index in [1.807, 2.05) is 24.3 Å². The third kappa shape index (κ3) is 3.67. The highest BCUT2D eigenvalue weighted by Gasteiger charge is 2.15. The van der Waals surface area contributed by atoms with E-state index < -0.39 is 0 Å². The van der Waals surface area contributed by atoms with Gasteiger partial charge in [0.25, 0.3) is 0 Å². The van der Waals surface area contributed by atoms with Crippen molar-refractivity contribution >= 4 is 11.6 Å². The molecule has 1 aromatic carbocycles. The van der Waals surface area contributed by atoms with Gasteiger partial charge in [-0.3, -0.25) is 9.69 Å². The SMILES string of the molecule is O=C(CN1CCCCCC1)Nc1ccccc1-c1nn[nH]n1. The number of hydrogen-bond donors (Lipinski definition) is 2. The van der Waals surface area contributed by atoms with E-state index >= 15 is 0 Å². The van der Waals surface area contributed by atoms with Crippen molar-refractivity contribution in [3.8, 4) is 11.4 Å². The molecule has 22 heavy (non-hydrogen) atoms. The monoisotopic (exact) mass is 300 g/mol. The number of amides is 1. The fourth-order valence-corrected chi connectivity index (χ4v) is 2.75. The Hall–Kier alpha value is -2.28. The molecule has 2 N–H and O–H groups in total. The normalized spacial score (nSPS) is 16.2. The van der Waals surface area contributed by atoms with Gasteiger partial charge in [-0.15, -0.1) is 10.2 Å². The number of anilines is 1. The Balaban J connectivity index is 1.66. The second-order valence-electron chi connectivity index (χ2n) is 5.52. The van der Waals surface area contributed by atoms with E-state index in [4.69, 9.17) is 0 Å². The Morgan fingerprint density at radius 1 is 1.18 bits per heavy atom. The van der Waals surface area contributed by atoms with Gasteiger partial charge in [0.2, 0.25) is 11.7 Å². The van der Waals surface area contributed by atoms with Gasteiger partial charge in [0.05, 0.1) is 12.2 Å². The average Bonchev–Trinajstić information content (AvgIpc) is 2.93. The number of nitrogens with zero attached hydrogens (tertiary/aromatic N) is 4. The molecule has 2 heterocycles. The molecule has 1 aliphatic heterocycles. The molecule has 1 fully saturated rings. The van der Waals surface area contributed by atoms with E-state index in [9.17, 15) is 4.79 Å². The zero-order chi connectivity index (χ0) is 15.2. The summed E-state index contributed by atoms with van der Waals surface area (Å²) in [5.74, 6) is 0.475. The predicted octanol–water partition coefficient (Wildman–Crippen LogP) is 1.68. The van der Waals surface area contributed by atoms with Crippen LogP contribution in [0.25, 0.3) is 11.4 Å². The van der Waals surface area contributed by atoms with Crippen LogP contribution in [0.4, 0.5) is 5.69 Å². The number of likely N-dealkylation sites (tertiary alicyclic amines) is 1. The van der Waals surface area contributed by atoms with Crippen molar-refractivity contribution < 1.29 is 4.79 Å². The lowest BCUT2D eigenvalue weighted by Crippen LogP contribution is -2.34. The lowest BCUT2D eigenvalue weighted by atomic mass is 10.1. The minimum absolute atomic E-state index is 0.00200. The van der Waals surface area contributed by atoms with Gasteiger partial charge in [-0.1, -0.05) is 25.0 Å². The maximum absolute atomic E-state index is 12.3. The molecule has 0 atom stereocenters. The highest BCUT2D eigenvalue weighted by molar-refractivity contribution is 5.95. The van der Waals surface area contributed by atoms with Gasteiger partial charge in [0, 0.05) is 5.56 Å². The van der Waals surface area contributed by atoms with Crippen LogP contribution >= 0.6 is 0 Å². The van der Waals surface area contributed by atoms with Crippen LogP contribution in [0.3, 0.4) is 0 Å². The lowest BCUT2D eigenvalue weighted by Gasteiger charge is -2.19. The van der Waals surface area contributed by atoms with Crippen LogP contribution in [0.5, 0.6) is 0 Å². The zero-order valence-electron chi connectivity index (χ0n) is 12.5. The summed E-state index contributed by atoms with van der Waals surface area (Å²) < 4.78 is 0. The van der Waals surface area contributed by atoms with Crippen molar-refractivity contribution in [1.82, 2.24) is 25.5 Å². The predicted molar refractivity (Wildman–Crippen MR) is 83.2 cm³/mol. The van der Waals surface area contributed by atoms with Crippen LogP contribution in [-0.4, -0.2) is 51.1 Å². The van der Waals surface area contributed by atoms with E-state index in [1.54, 1.807) is 0 Å². The van der Waals surface area contributed by atoms with Gasteiger partial charge >= 0.3 is 0 Å². The Kier molecular flexibility index (Phi) is 4.75. The average molecular weight is 300 g/mol. The van der Waals surface area contributed by atoms with Gasteiger partial charge in [0.1, 0.15) is 0 Å². The van der Waals surface area contributed by atoms with Gasteiger partial charge in [-0.25, -0.2) is 0 Å². The number of H-pyrrole nitrogens is 1. The molecule has 1 aliphatic rings. The molecule has 0 saturated carbocycles. The summed E-state index contributed by atoms with van der Waals surface area (Å²) in [5, 5.41) is 16.9. The molecular weight excluding hydrogens is 280 g/mol. The number of para-hydroxylation sites is 1. The topological polar surface area (TPSA) is 86.8 Å². The third-order valence-electron chi connectivity index (χ3n) is 3.85. The number of carbonyl (C=O) groups excluding carboxylic acids is 1. The molecule has 0 radical (unpaired) electrons. The van der Waals surface area contributed by atoms with Gasteiger partial charge in [-0.2, -0.15) is 5.21 Å². The molecule has 0 aliphatic carbocycles. The first-order valence-corrected chi connectivity index (χ1v) is 7.68. The standard InChI is InChI=1S/C15H20N6O/c22-14(11-21-9-5-1-2-6-10-21)16-13-8-4-3-7-12(13)15-17-19-20-18-15/h3-4,7-8H,1-2,5-6,9-11H2,(H,16,22)(H,17,18,19,20). The molecule has 7 nitrogen and oxygen atoms in total. The second-order valence-corrected chi connectivity index (χ2v) is 5.52. The minimum atomic E-state index is -0.00200. The van der Waals surface area contributed by atoms with Crippen molar-refractivity contribution in [1.29, 1.82) is 0 Å². The van der Waals surface area contributed by atoms with E-state index in [-0.39, 0.29) is 5.91 Å². The van der Waals surface area contributed by atoms with Crippen molar-refractivity contribution in [3.05, 3.63) is 24.3 Å². The van der Waals surface area contributed by atoms with Gasteiger partial charge < -0.3 is 5.32 Å². The first-order chi connectivity index (χ1) is 10.8. The number of aromatic nitrogens is 4. The molecule has 1 amide bonds. The van der Waals surface area contributed by atoms with E-state index in [0.717, 1.165) is 18.7 Å². The molecule has 0 bridgehead atoms. The molecule has 116 valence electrons. The summed E-state index contributed by atoms with van der Waals surface area (Å²) in [6.45, 7) is 2.43. The minimum Gasteiger partial charge on any atom is -0.324 e. The maximum atomic E-state index is 12.3. The second kappa shape index (κ2) is 7.13. The quantitative estimate of drug-likeness (QED) is 0.897. The Morgan fingerprint density at radius 2 is 1.95 bits per heavy atom. The van der Waals surface area contributed by atoms with Crippen molar-refractivity contribution in [2.24, 2.45) is 0 Å². The highest BCUT2D eigenvalue weighted by atomic mass is 16.2. The van der Waals surface area contributed by atoms with Crippen LogP contribution in [0.15, 0.2) is 24.3 Å². The molecule has 1 saturated heterocycles. The van der Waals surface area contributed by atoms with Crippen molar-refractivity contribution in [2.75, 3.05) is 25.0 Å². The Bertz CT molecular complexity index is 604. The fraction of sp³-hybridized carbons (Fsp3) is 0.467. The first-order valence-electron chi connectivity index (χ1n) is 7.68. The Labute approximate surface area is 129 Å². The summed E-state index contributed by atoms with van der Waals surface area (Å²) in [4.78, 5) is 14.5. The summed E-state index contributed by atoms with van der Waals surface area (Å²) >= 11 is 0. The number of tetrazole rings is 1. The van der Waals surface area contributed by atoms with Gasteiger partial charge in [0.15, 0.2) is 0 Å². The fourth-order valence-electron chi connectivity index (χ4n) is 2.75. The number of aromatic amines is 1. The third-order valence-corrected chi connectivity index (χ3v) is 3.85. The van der Waals surface area contributed by atoms with E-state index in [1.165, 1.54) is 25.7 Å². The van der Waals surface area contributed by atoms with Crippen LogP contribution in [0.2, 0.25) is 0 Å². The summed E-state index contributed by atoms with van der Waals surface area (Å²) in [7, 11) is 0. The van der Waals surface area contributed by atoms with Crippen molar-refractivity contribution in [2.45, 2.75) is 25.7 Å². The number of rotatable bonds is 4. The molecule has 7 heteroatoms. The smallest absolute Gasteiger partial charge is 0.238 e. The lowest BCUT2D eigenvalue weighted by molar-refractivity contribution is -0.117. The molecular formula is C15H20N6O. The zero-order valence-corrected chi connectivity index (χ0v) is 12.5.